The average Bonchev–Trinajstić information content (AvgIpc) is 2.08. The molecule has 2 nitrogen and oxygen atoms in total. The van der Waals surface area contributed by atoms with Crippen LogP contribution in [0.5, 0.6) is 0 Å². The Bertz CT molecular complexity index is 299. The van der Waals surface area contributed by atoms with Gasteiger partial charge in [0.05, 0.1) is 6.04 Å². The van der Waals surface area contributed by atoms with E-state index in [-0.39, 0.29) is 0 Å². The van der Waals surface area contributed by atoms with Gasteiger partial charge in [-0.15, -0.1) is 0 Å². The largest absolute Gasteiger partial charge is 0.209 e. The Balaban J connectivity index is 3.04. The van der Waals surface area contributed by atoms with Crippen LogP contribution in [0, 0.1) is 17.2 Å². The van der Waals surface area contributed by atoms with Gasteiger partial charge in [0.25, 0.3) is 0 Å². The third kappa shape index (κ3) is 1.64. The normalized spacial score (nSPS) is 12.6. The third-order valence-corrected chi connectivity index (χ3v) is 1.62. The molecule has 0 aliphatic heterocycles. The van der Waals surface area contributed by atoms with Gasteiger partial charge in [0.15, 0.2) is 11.6 Å². The summed E-state index contributed by atoms with van der Waals surface area (Å²) in [7, 11) is 0. The van der Waals surface area contributed by atoms with E-state index in [1.54, 1.807) is 6.92 Å². The smallest absolute Gasteiger partial charge is 0.159 e. The van der Waals surface area contributed by atoms with Crippen LogP contribution in [0.15, 0.2) is 23.3 Å². The Hall–Kier alpha value is -1.32. The molecule has 0 spiro atoms. The van der Waals surface area contributed by atoms with Crippen LogP contribution in [0.2, 0.25) is 0 Å². The van der Waals surface area contributed by atoms with E-state index in [0.29, 0.717) is 5.56 Å². The molecule has 64 valence electrons. The molecule has 0 saturated heterocycles. The fourth-order valence-corrected chi connectivity index (χ4v) is 0.847. The lowest BCUT2D eigenvalue weighted by atomic mass is 10.1. The van der Waals surface area contributed by atoms with Gasteiger partial charge in [-0.3, -0.25) is 0 Å². The first-order valence-electron chi connectivity index (χ1n) is 3.46. The average molecular weight is 170 g/mol. The predicted molar refractivity (Wildman–Crippen MR) is 39.9 cm³/mol. The molecule has 0 radical (unpaired) electrons. The lowest BCUT2D eigenvalue weighted by Gasteiger charge is -2.03. The molecule has 1 atom stereocenters. The van der Waals surface area contributed by atoms with Crippen LogP contribution in [0.1, 0.15) is 18.5 Å². The van der Waals surface area contributed by atoms with E-state index in [1.165, 1.54) is 6.07 Å². The summed E-state index contributed by atoms with van der Waals surface area (Å²) < 4.78 is 25.0. The fourth-order valence-electron chi connectivity index (χ4n) is 0.847. The van der Waals surface area contributed by atoms with Gasteiger partial charge >= 0.3 is 0 Å². The summed E-state index contributed by atoms with van der Waals surface area (Å²) in [4.78, 5) is 0. The van der Waals surface area contributed by atoms with Crippen molar-refractivity contribution in [3.8, 4) is 0 Å². The van der Waals surface area contributed by atoms with Crippen LogP contribution in [-0.2, 0) is 0 Å². The Morgan fingerprint density at radius 1 is 1.33 bits per heavy atom. The predicted octanol–water partition coefficient (Wildman–Crippen LogP) is 3.06. The molecule has 1 aromatic rings. The van der Waals surface area contributed by atoms with Crippen molar-refractivity contribution in [1.29, 1.82) is 5.53 Å². The number of nitrogens with zero attached hydrogens (tertiary/aromatic N) is 1. The molecule has 0 fully saturated rings. The van der Waals surface area contributed by atoms with Crippen LogP contribution >= 0.6 is 0 Å². The summed E-state index contributed by atoms with van der Waals surface area (Å²) in [6, 6.07) is 3.09. The van der Waals surface area contributed by atoms with E-state index in [9.17, 15) is 8.78 Å². The number of rotatable bonds is 2. The molecule has 1 unspecified atom stereocenters. The molecular weight excluding hydrogens is 162 g/mol. The Labute approximate surface area is 68.7 Å². The molecule has 12 heavy (non-hydrogen) atoms. The van der Waals surface area contributed by atoms with Crippen molar-refractivity contribution < 1.29 is 8.78 Å². The van der Waals surface area contributed by atoms with Gasteiger partial charge in [0.1, 0.15) is 0 Å². The molecule has 0 amide bonds. The minimum Gasteiger partial charge on any atom is -0.209 e. The lowest BCUT2D eigenvalue weighted by Crippen LogP contribution is -1.91. The van der Waals surface area contributed by atoms with Gasteiger partial charge in [-0.1, -0.05) is 6.07 Å². The first kappa shape index (κ1) is 8.77. The molecule has 0 bridgehead atoms. The first-order valence-corrected chi connectivity index (χ1v) is 3.46. The zero-order chi connectivity index (χ0) is 9.14. The van der Waals surface area contributed by atoms with Crippen molar-refractivity contribution in [2.45, 2.75) is 13.0 Å². The highest BCUT2D eigenvalue weighted by molar-refractivity contribution is 5.20. The number of nitrogens with one attached hydrogen (secondary N) is 1. The van der Waals surface area contributed by atoms with E-state index in [1.807, 2.05) is 0 Å². The second-order valence-corrected chi connectivity index (χ2v) is 2.48. The van der Waals surface area contributed by atoms with Gasteiger partial charge in [0, 0.05) is 0 Å². The Kier molecular flexibility index (Phi) is 2.47. The minimum absolute atomic E-state index is 0.417. The van der Waals surface area contributed by atoms with Crippen molar-refractivity contribution in [2.75, 3.05) is 0 Å². The van der Waals surface area contributed by atoms with Crippen LogP contribution < -0.4 is 0 Å². The van der Waals surface area contributed by atoms with Crippen molar-refractivity contribution in [3.05, 3.63) is 35.4 Å². The fraction of sp³-hybridized carbons (Fsp3) is 0.250. The van der Waals surface area contributed by atoms with Gasteiger partial charge in [-0.05, 0) is 24.6 Å². The highest BCUT2D eigenvalue weighted by Gasteiger charge is 2.07. The van der Waals surface area contributed by atoms with Crippen LogP contribution in [0.25, 0.3) is 0 Å². The molecule has 1 N–H and O–H groups in total. The molecule has 4 heteroatoms. The maximum atomic E-state index is 12.6. The highest BCUT2D eigenvalue weighted by atomic mass is 19.2. The highest BCUT2D eigenvalue weighted by Crippen LogP contribution is 2.18. The number of hydrogen-bond donors (Lipinski definition) is 1. The Morgan fingerprint density at radius 3 is 2.50 bits per heavy atom. The summed E-state index contributed by atoms with van der Waals surface area (Å²) >= 11 is 0. The maximum Gasteiger partial charge on any atom is 0.159 e. The van der Waals surface area contributed by atoms with Crippen molar-refractivity contribution in [1.82, 2.24) is 0 Å². The van der Waals surface area contributed by atoms with Crippen molar-refractivity contribution >= 4 is 0 Å². The van der Waals surface area contributed by atoms with Gasteiger partial charge < -0.3 is 0 Å². The molecule has 0 aliphatic carbocycles. The second kappa shape index (κ2) is 3.38. The van der Waals surface area contributed by atoms with Crippen LogP contribution in [0.3, 0.4) is 0 Å². The summed E-state index contributed by atoms with van der Waals surface area (Å²) in [5.41, 5.74) is 7.18. The van der Waals surface area contributed by atoms with E-state index >= 15 is 0 Å². The zero-order valence-electron chi connectivity index (χ0n) is 6.51. The molecule has 1 aromatic carbocycles. The number of halogens is 2. The van der Waals surface area contributed by atoms with E-state index in [0.717, 1.165) is 12.1 Å². The van der Waals surface area contributed by atoms with Gasteiger partial charge in [-0.25, -0.2) is 14.3 Å². The molecule has 0 aliphatic rings. The maximum absolute atomic E-state index is 12.6. The summed E-state index contributed by atoms with van der Waals surface area (Å²) in [5, 5.41) is 3.19. The monoisotopic (exact) mass is 170 g/mol. The number of benzene rings is 1. The second-order valence-electron chi connectivity index (χ2n) is 2.48. The topological polar surface area (TPSA) is 36.2 Å². The molecule has 0 heterocycles. The number of hydrogen-bond acceptors (Lipinski definition) is 2. The van der Waals surface area contributed by atoms with Crippen LogP contribution in [0.4, 0.5) is 8.78 Å². The summed E-state index contributed by atoms with van der Waals surface area (Å²) in [5.74, 6) is -1.78. The summed E-state index contributed by atoms with van der Waals surface area (Å²) in [6.45, 7) is 1.64. The molecule has 1 rings (SSSR count). The van der Waals surface area contributed by atoms with Gasteiger partial charge in [0.2, 0.25) is 0 Å². The molecule has 0 saturated carbocycles. The quantitative estimate of drug-likeness (QED) is 0.662. The molecular formula is C8H8F2N2. The minimum atomic E-state index is -0.900. The lowest BCUT2D eigenvalue weighted by molar-refractivity contribution is 0.505. The third-order valence-electron chi connectivity index (χ3n) is 1.62. The van der Waals surface area contributed by atoms with Gasteiger partial charge in [-0.2, -0.15) is 5.11 Å². The van der Waals surface area contributed by atoms with Crippen molar-refractivity contribution in [2.24, 2.45) is 5.11 Å². The van der Waals surface area contributed by atoms with E-state index in [2.05, 4.69) is 5.11 Å². The van der Waals surface area contributed by atoms with E-state index in [4.69, 9.17) is 5.53 Å². The first-order chi connectivity index (χ1) is 5.65. The van der Waals surface area contributed by atoms with E-state index < -0.39 is 17.7 Å². The summed E-state index contributed by atoms with van der Waals surface area (Å²) in [6.07, 6.45) is 0. The van der Waals surface area contributed by atoms with Crippen molar-refractivity contribution in [3.63, 3.8) is 0 Å². The SMILES string of the molecule is CC(N=N)c1ccc(F)c(F)c1. The standard InChI is InChI=1S/C8H8F2N2/c1-5(12-11)6-2-3-7(9)8(10)4-6/h2-5,11H,1H3. The zero-order valence-corrected chi connectivity index (χ0v) is 6.51. The van der Waals surface area contributed by atoms with Crippen LogP contribution in [-0.4, -0.2) is 0 Å². The molecule has 0 aromatic heterocycles. The Morgan fingerprint density at radius 2 is 2.00 bits per heavy atom.